The van der Waals surface area contributed by atoms with E-state index in [9.17, 15) is 14.9 Å². The first-order valence-corrected chi connectivity index (χ1v) is 7.36. The van der Waals surface area contributed by atoms with Crippen LogP contribution in [0.3, 0.4) is 0 Å². The summed E-state index contributed by atoms with van der Waals surface area (Å²) in [5.74, 6) is 0.457. The van der Waals surface area contributed by atoms with Gasteiger partial charge in [-0.1, -0.05) is 18.2 Å². The van der Waals surface area contributed by atoms with Crippen molar-refractivity contribution in [1.82, 2.24) is 10.6 Å². The molecule has 2 N–H and O–H groups in total. The van der Waals surface area contributed by atoms with Crippen molar-refractivity contribution in [3.05, 3.63) is 39.9 Å². The number of nitro benzene ring substituents is 1. The van der Waals surface area contributed by atoms with Gasteiger partial charge in [-0.3, -0.25) is 14.9 Å². The number of halogens is 1. The van der Waals surface area contributed by atoms with Gasteiger partial charge < -0.3 is 10.6 Å². The molecule has 1 heterocycles. The molecule has 1 fully saturated rings. The first kappa shape index (κ1) is 18.4. The van der Waals surface area contributed by atoms with Crippen LogP contribution in [0.25, 0.3) is 0 Å². The number of amides is 1. The second-order valence-corrected chi connectivity index (χ2v) is 5.41. The van der Waals surface area contributed by atoms with Gasteiger partial charge in [0.1, 0.15) is 0 Å². The molecule has 0 aliphatic carbocycles. The zero-order valence-electron chi connectivity index (χ0n) is 12.4. The second-order valence-electron chi connectivity index (χ2n) is 5.41. The van der Waals surface area contributed by atoms with E-state index in [1.165, 1.54) is 18.9 Å². The number of rotatable bonds is 6. The van der Waals surface area contributed by atoms with Gasteiger partial charge in [0.15, 0.2) is 0 Å². The Bertz CT molecular complexity index is 505. The fourth-order valence-electron chi connectivity index (χ4n) is 2.66. The largest absolute Gasteiger partial charge is 0.356 e. The van der Waals surface area contributed by atoms with Gasteiger partial charge in [-0.25, -0.2) is 0 Å². The van der Waals surface area contributed by atoms with Gasteiger partial charge in [0.25, 0.3) is 5.69 Å². The van der Waals surface area contributed by atoms with E-state index in [1.54, 1.807) is 18.2 Å². The average Bonchev–Trinajstić information content (AvgIpc) is 2.48. The van der Waals surface area contributed by atoms with Crippen molar-refractivity contribution in [2.24, 2.45) is 5.92 Å². The Labute approximate surface area is 136 Å². The van der Waals surface area contributed by atoms with Gasteiger partial charge in [-0.15, -0.1) is 12.4 Å². The highest BCUT2D eigenvalue weighted by Crippen LogP contribution is 2.18. The van der Waals surface area contributed by atoms with Crippen LogP contribution in [0.5, 0.6) is 0 Å². The zero-order valence-corrected chi connectivity index (χ0v) is 13.2. The van der Waals surface area contributed by atoms with Gasteiger partial charge in [0.05, 0.1) is 11.3 Å². The first-order valence-electron chi connectivity index (χ1n) is 7.36. The fourth-order valence-corrected chi connectivity index (χ4v) is 2.66. The lowest BCUT2D eigenvalue weighted by Crippen LogP contribution is -2.33. The number of piperidine rings is 1. The molecule has 2 rings (SSSR count). The minimum absolute atomic E-state index is 0. The van der Waals surface area contributed by atoms with Crippen LogP contribution in [0.4, 0.5) is 5.69 Å². The highest BCUT2D eigenvalue weighted by Gasteiger charge is 2.16. The van der Waals surface area contributed by atoms with Crippen LogP contribution in [-0.2, 0) is 11.2 Å². The van der Waals surface area contributed by atoms with Gasteiger partial charge in [-0.05, 0) is 38.3 Å². The molecule has 122 valence electrons. The Morgan fingerprint density at radius 1 is 1.41 bits per heavy atom. The summed E-state index contributed by atoms with van der Waals surface area (Å²) in [5.41, 5.74) is 0.462. The van der Waals surface area contributed by atoms with Gasteiger partial charge in [0.2, 0.25) is 5.91 Å². The number of hydrogen-bond donors (Lipinski definition) is 2. The fraction of sp³-hybridized carbons (Fsp3) is 0.533. The van der Waals surface area contributed by atoms with E-state index in [0.717, 1.165) is 19.5 Å². The van der Waals surface area contributed by atoms with Gasteiger partial charge in [-0.2, -0.15) is 0 Å². The maximum atomic E-state index is 11.9. The molecule has 7 heteroatoms. The normalized spacial score (nSPS) is 17.4. The molecule has 0 saturated carbocycles. The number of carbonyl (C=O) groups excluding carboxylic acids is 1. The lowest BCUT2D eigenvalue weighted by atomic mass is 9.96. The molecule has 1 aliphatic rings. The van der Waals surface area contributed by atoms with Crippen LogP contribution in [0, 0.1) is 16.0 Å². The maximum Gasteiger partial charge on any atom is 0.273 e. The van der Waals surface area contributed by atoms with Crippen LogP contribution >= 0.6 is 12.4 Å². The molecular formula is C15H22ClN3O3. The molecule has 1 aromatic carbocycles. The predicted octanol–water partition coefficient (Wildman–Crippen LogP) is 2.07. The van der Waals surface area contributed by atoms with Crippen LogP contribution in [0.2, 0.25) is 0 Å². The van der Waals surface area contributed by atoms with Gasteiger partial charge in [0, 0.05) is 18.2 Å². The van der Waals surface area contributed by atoms with Crippen LogP contribution in [0.1, 0.15) is 24.8 Å². The molecular weight excluding hydrogens is 306 g/mol. The molecule has 1 amide bonds. The number of carbonyl (C=O) groups is 1. The molecule has 1 unspecified atom stereocenters. The standard InChI is InChI=1S/C15H21N3O3.ClH/c19-15(17-9-7-12-4-3-8-16-11-12)10-13-5-1-2-6-14(13)18(20)21;/h1-2,5-6,12,16H,3-4,7-11H2,(H,17,19);1H. The summed E-state index contributed by atoms with van der Waals surface area (Å²) < 4.78 is 0. The Balaban J connectivity index is 0.00000242. The number of hydrogen-bond acceptors (Lipinski definition) is 4. The Morgan fingerprint density at radius 3 is 2.86 bits per heavy atom. The van der Waals surface area contributed by atoms with Crippen molar-refractivity contribution >= 4 is 24.0 Å². The molecule has 22 heavy (non-hydrogen) atoms. The van der Waals surface area contributed by atoms with Crippen LogP contribution < -0.4 is 10.6 Å². The Morgan fingerprint density at radius 2 is 2.18 bits per heavy atom. The van der Waals surface area contributed by atoms with Crippen molar-refractivity contribution in [2.45, 2.75) is 25.7 Å². The third-order valence-corrected chi connectivity index (χ3v) is 3.81. The third kappa shape index (κ3) is 5.61. The number of nitro groups is 1. The van der Waals surface area contributed by atoms with E-state index in [1.807, 2.05) is 0 Å². The molecule has 1 aromatic rings. The molecule has 1 atom stereocenters. The van der Waals surface area contributed by atoms with E-state index >= 15 is 0 Å². The smallest absolute Gasteiger partial charge is 0.273 e. The van der Waals surface area contributed by atoms with E-state index in [0.29, 0.717) is 18.0 Å². The van der Waals surface area contributed by atoms with Crippen LogP contribution in [-0.4, -0.2) is 30.5 Å². The lowest BCUT2D eigenvalue weighted by Gasteiger charge is -2.22. The monoisotopic (exact) mass is 327 g/mol. The van der Waals surface area contributed by atoms with Crippen LogP contribution in [0.15, 0.2) is 24.3 Å². The van der Waals surface area contributed by atoms with Crippen molar-refractivity contribution in [3.63, 3.8) is 0 Å². The molecule has 1 aliphatic heterocycles. The summed E-state index contributed by atoms with van der Waals surface area (Å²) in [6.07, 6.45) is 3.40. The van der Waals surface area contributed by atoms with Gasteiger partial charge >= 0.3 is 0 Å². The first-order chi connectivity index (χ1) is 10.2. The second kappa shape index (κ2) is 9.38. The summed E-state index contributed by atoms with van der Waals surface area (Å²) in [4.78, 5) is 22.3. The van der Waals surface area contributed by atoms with Crippen molar-refractivity contribution in [2.75, 3.05) is 19.6 Å². The highest BCUT2D eigenvalue weighted by molar-refractivity contribution is 5.85. The topological polar surface area (TPSA) is 84.3 Å². The number of nitrogens with one attached hydrogen (secondary N) is 2. The zero-order chi connectivity index (χ0) is 15.1. The van der Waals surface area contributed by atoms with Crippen molar-refractivity contribution < 1.29 is 9.72 Å². The minimum Gasteiger partial charge on any atom is -0.356 e. The van der Waals surface area contributed by atoms with E-state index in [4.69, 9.17) is 0 Å². The SMILES string of the molecule is Cl.O=C(Cc1ccccc1[N+](=O)[O-])NCCC1CCCNC1. The summed E-state index contributed by atoms with van der Waals surface area (Å²) in [6.45, 7) is 2.73. The molecule has 0 spiro atoms. The van der Waals surface area contributed by atoms with E-state index in [-0.39, 0.29) is 30.4 Å². The molecule has 0 radical (unpaired) electrons. The van der Waals surface area contributed by atoms with E-state index in [2.05, 4.69) is 10.6 Å². The number of nitrogens with zero attached hydrogens (tertiary/aromatic N) is 1. The molecule has 6 nitrogen and oxygen atoms in total. The predicted molar refractivity (Wildman–Crippen MR) is 87.3 cm³/mol. The summed E-state index contributed by atoms with van der Waals surface area (Å²) in [7, 11) is 0. The Kier molecular flexibility index (Phi) is 7.84. The van der Waals surface area contributed by atoms with Crippen molar-refractivity contribution in [1.29, 1.82) is 0 Å². The average molecular weight is 328 g/mol. The number of benzene rings is 1. The summed E-state index contributed by atoms with van der Waals surface area (Å²) in [6, 6.07) is 6.37. The summed E-state index contributed by atoms with van der Waals surface area (Å²) in [5, 5.41) is 17.1. The maximum absolute atomic E-state index is 11.9. The highest BCUT2D eigenvalue weighted by atomic mass is 35.5. The van der Waals surface area contributed by atoms with E-state index < -0.39 is 4.92 Å². The molecule has 1 saturated heterocycles. The summed E-state index contributed by atoms with van der Waals surface area (Å²) >= 11 is 0. The van der Waals surface area contributed by atoms with Crippen molar-refractivity contribution in [3.8, 4) is 0 Å². The third-order valence-electron chi connectivity index (χ3n) is 3.81. The molecule has 0 aromatic heterocycles. The Hall–Kier alpha value is -1.66. The minimum atomic E-state index is -0.448. The number of para-hydroxylation sites is 1. The quantitative estimate of drug-likeness (QED) is 0.618. The lowest BCUT2D eigenvalue weighted by molar-refractivity contribution is -0.385. The molecule has 0 bridgehead atoms.